The third-order valence-electron chi connectivity index (χ3n) is 4.86. The number of ether oxygens (including phenoxy) is 1. The number of para-hydroxylation sites is 1. The molecule has 3 atom stereocenters. The Morgan fingerprint density at radius 1 is 1.27 bits per heavy atom. The Hall–Kier alpha value is -2.57. The van der Waals surface area contributed by atoms with Gasteiger partial charge < -0.3 is 20.2 Å². The summed E-state index contributed by atoms with van der Waals surface area (Å²) in [4.78, 5) is 30.7. The van der Waals surface area contributed by atoms with Gasteiger partial charge in [0, 0.05) is 18.0 Å². The number of nitrogens with one attached hydrogen (secondary N) is 2. The minimum Gasteiger partial charge on any atom is -0.464 e. The highest BCUT2D eigenvalue weighted by Gasteiger charge is 2.56. The van der Waals surface area contributed by atoms with Crippen LogP contribution in [0.25, 0.3) is 0 Å². The van der Waals surface area contributed by atoms with Gasteiger partial charge >= 0.3 is 12.0 Å². The Morgan fingerprint density at radius 2 is 2.04 bits per heavy atom. The van der Waals surface area contributed by atoms with Crippen LogP contribution in [-0.2, 0) is 14.4 Å². The molecule has 0 saturated heterocycles. The molecule has 2 amide bonds. The highest BCUT2D eigenvalue weighted by molar-refractivity contribution is 5.96. The highest BCUT2D eigenvalue weighted by Crippen LogP contribution is 2.42. The minimum absolute atomic E-state index is 0.0383. The maximum atomic E-state index is 12.7. The zero-order valence-electron chi connectivity index (χ0n) is 15.2. The van der Waals surface area contributed by atoms with E-state index >= 15 is 0 Å². The normalized spacial score (nSPS) is 26.5. The van der Waals surface area contributed by atoms with Crippen LogP contribution in [0.4, 0.5) is 10.5 Å². The molecular weight excluding hydrogens is 334 g/mol. The van der Waals surface area contributed by atoms with Crippen molar-refractivity contribution in [1.82, 2.24) is 5.32 Å². The number of hydrogen-bond acceptors (Lipinski definition) is 5. The van der Waals surface area contributed by atoms with Gasteiger partial charge in [-0.05, 0) is 31.9 Å². The maximum Gasteiger partial charge on any atom is 0.332 e. The molecule has 7 nitrogen and oxygen atoms in total. The minimum atomic E-state index is -1.10. The van der Waals surface area contributed by atoms with Crippen molar-refractivity contribution in [3.63, 3.8) is 0 Å². The molecule has 1 aliphatic carbocycles. The summed E-state index contributed by atoms with van der Waals surface area (Å²) in [6, 6.07) is 8.67. The number of rotatable bonds is 6. The third kappa shape index (κ3) is 3.66. The SMILES string of the molecule is CCCC1=NO[C@H]2C[C@](NC(=O)Nc3ccccc3)(C(=O)OCC)C[C@@H]12. The van der Waals surface area contributed by atoms with Gasteiger partial charge in [-0.25, -0.2) is 9.59 Å². The van der Waals surface area contributed by atoms with E-state index < -0.39 is 17.5 Å². The van der Waals surface area contributed by atoms with Crippen molar-refractivity contribution in [2.24, 2.45) is 11.1 Å². The Labute approximate surface area is 153 Å². The zero-order valence-corrected chi connectivity index (χ0v) is 15.2. The molecule has 26 heavy (non-hydrogen) atoms. The number of esters is 1. The van der Waals surface area contributed by atoms with Gasteiger partial charge in [0.15, 0.2) is 0 Å². The molecule has 7 heteroatoms. The number of nitrogens with zero attached hydrogens (tertiary/aromatic N) is 1. The molecule has 1 saturated carbocycles. The van der Waals surface area contributed by atoms with Crippen molar-refractivity contribution in [2.45, 2.75) is 51.2 Å². The predicted molar refractivity (Wildman–Crippen MR) is 97.9 cm³/mol. The summed E-state index contributed by atoms with van der Waals surface area (Å²) in [5, 5.41) is 9.78. The molecular formula is C19H25N3O4. The van der Waals surface area contributed by atoms with Crippen molar-refractivity contribution >= 4 is 23.4 Å². The number of urea groups is 1. The lowest BCUT2D eigenvalue weighted by Gasteiger charge is -2.28. The lowest BCUT2D eigenvalue weighted by molar-refractivity contribution is -0.151. The first-order valence-corrected chi connectivity index (χ1v) is 9.12. The summed E-state index contributed by atoms with van der Waals surface area (Å²) >= 11 is 0. The number of oxime groups is 1. The van der Waals surface area contributed by atoms with Crippen LogP contribution in [0.5, 0.6) is 0 Å². The number of hydrogen-bond donors (Lipinski definition) is 2. The first kappa shape index (κ1) is 18.2. The van der Waals surface area contributed by atoms with Gasteiger partial charge in [-0.1, -0.05) is 36.7 Å². The number of carbonyl (C=O) groups excluding carboxylic acids is 2. The summed E-state index contributed by atoms with van der Waals surface area (Å²) in [6.07, 6.45) is 2.39. The molecule has 1 aromatic rings. The van der Waals surface area contributed by atoms with Crippen molar-refractivity contribution in [1.29, 1.82) is 0 Å². The zero-order chi connectivity index (χ0) is 18.6. The van der Waals surface area contributed by atoms with Gasteiger partial charge in [0.1, 0.15) is 11.6 Å². The second-order valence-corrected chi connectivity index (χ2v) is 6.74. The molecule has 0 radical (unpaired) electrons. The van der Waals surface area contributed by atoms with Gasteiger partial charge in [-0.15, -0.1) is 0 Å². The second kappa shape index (κ2) is 7.76. The molecule has 0 aromatic heterocycles. The smallest absolute Gasteiger partial charge is 0.332 e. The lowest BCUT2D eigenvalue weighted by Crippen LogP contribution is -2.55. The van der Waals surface area contributed by atoms with Gasteiger partial charge in [-0.3, -0.25) is 0 Å². The van der Waals surface area contributed by atoms with Crippen molar-refractivity contribution < 1.29 is 19.2 Å². The molecule has 0 spiro atoms. The van der Waals surface area contributed by atoms with Gasteiger partial charge in [0.2, 0.25) is 0 Å². The average molecular weight is 359 g/mol. The van der Waals surface area contributed by atoms with Gasteiger partial charge in [-0.2, -0.15) is 0 Å². The molecule has 3 rings (SSSR count). The Morgan fingerprint density at radius 3 is 2.73 bits per heavy atom. The van der Waals surface area contributed by atoms with Crippen molar-refractivity contribution in [3.05, 3.63) is 30.3 Å². The number of amides is 2. The molecule has 1 aliphatic heterocycles. The molecule has 1 fully saturated rings. The fourth-order valence-corrected chi connectivity index (χ4v) is 3.70. The number of carbonyl (C=O) groups is 2. The number of benzene rings is 1. The molecule has 1 aromatic carbocycles. The molecule has 0 bridgehead atoms. The summed E-state index contributed by atoms with van der Waals surface area (Å²) in [5.41, 5.74) is 0.528. The van der Waals surface area contributed by atoms with E-state index in [9.17, 15) is 9.59 Å². The monoisotopic (exact) mass is 359 g/mol. The second-order valence-electron chi connectivity index (χ2n) is 6.74. The first-order valence-electron chi connectivity index (χ1n) is 9.12. The lowest BCUT2D eigenvalue weighted by atomic mass is 9.92. The molecule has 0 unspecified atom stereocenters. The topological polar surface area (TPSA) is 89.0 Å². The summed E-state index contributed by atoms with van der Waals surface area (Å²) < 4.78 is 5.26. The Bertz CT molecular complexity index is 691. The van der Waals surface area contributed by atoms with E-state index in [0.717, 1.165) is 18.6 Å². The summed E-state index contributed by atoms with van der Waals surface area (Å²) in [7, 11) is 0. The Balaban J connectivity index is 1.75. The molecule has 140 valence electrons. The maximum absolute atomic E-state index is 12.7. The van der Waals surface area contributed by atoms with Crippen molar-refractivity contribution in [2.75, 3.05) is 11.9 Å². The van der Waals surface area contributed by atoms with E-state index in [-0.39, 0.29) is 18.6 Å². The third-order valence-corrected chi connectivity index (χ3v) is 4.86. The standard InChI is InChI=1S/C19H25N3O4/c1-3-8-15-14-11-19(17(23)25-4-2,12-16(14)26-22-15)21-18(24)20-13-9-6-5-7-10-13/h5-7,9-10,14,16H,3-4,8,11-12H2,1-2H3,(H2,20,21,24)/t14-,16-,19-/m0/s1. The van der Waals surface area contributed by atoms with Crippen LogP contribution < -0.4 is 10.6 Å². The van der Waals surface area contributed by atoms with E-state index in [1.54, 1.807) is 19.1 Å². The van der Waals surface area contributed by atoms with Crippen LogP contribution in [-0.4, -0.2) is 36.0 Å². The van der Waals surface area contributed by atoms with E-state index in [4.69, 9.17) is 9.57 Å². The van der Waals surface area contributed by atoms with E-state index in [2.05, 4.69) is 22.7 Å². The highest BCUT2D eigenvalue weighted by atomic mass is 16.6. The Kier molecular flexibility index (Phi) is 5.44. The fourth-order valence-electron chi connectivity index (χ4n) is 3.70. The predicted octanol–water partition coefficient (Wildman–Crippen LogP) is 3.07. The van der Waals surface area contributed by atoms with E-state index in [0.29, 0.717) is 18.5 Å². The average Bonchev–Trinajstić information content (AvgIpc) is 3.15. The van der Waals surface area contributed by atoms with Gasteiger partial charge in [0.05, 0.1) is 12.3 Å². The largest absolute Gasteiger partial charge is 0.464 e. The fraction of sp³-hybridized carbons (Fsp3) is 0.526. The molecule has 2 N–H and O–H groups in total. The van der Waals surface area contributed by atoms with E-state index in [1.165, 1.54) is 0 Å². The van der Waals surface area contributed by atoms with Gasteiger partial charge in [0.25, 0.3) is 0 Å². The quantitative estimate of drug-likeness (QED) is 0.764. The number of fused-ring (bicyclic) bond motifs is 1. The van der Waals surface area contributed by atoms with E-state index in [1.807, 2.05) is 18.2 Å². The van der Waals surface area contributed by atoms with Crippen molar-refractivity contribution in [3.8, 4) is 0 Å². The van der Waals surface area contributed by atoms with Crippen LogP contribution in [0, 0.1) is 5.92 Å². The molecule has 2 aliphatic rings. The first-order chi connectivity index (χ1) is 12.6. The number of anilines is 1. The molecule has 1 heterocycles. The summed E-state index contributed by atoms with van der Waals surface area (Å²) in [6.45, 7) is 4.09. The van der Waals surface area contributed by atoms with Crippen LogP contribution in [0.15, 0.2) is 35.5 Å². The van der Waals surface area contributed by atoms with Crippen LogP contribution >= 0.6 is 0 Å². The van der Waals surface area contributed by atoms with Crippen LogP contribution in [0.1, 0.15) is 39.5 Å². The van der Waals surface area contributed by atoms with Crippen LogP contribution in [0.3, 0.4) is 0 Å². The summed E-state index contributed by atoms with van der Waals surface area (Å²) in [5.74, 6) is -0.381. The van der Waals surface area contributed by atoms with Crippen LogP contribution in [0.2, 0.25) is 0 Å².